The molecule has 2 aromatic heterocycles. The van der Waals surface area contributed by atoms with E-state index in [-0.39, 0.29) is 17.5 Å². The molecule has 1 aromatic carbocycles. The van der Waals surface area contributed by atoms with Gasteiger partial charge in [0, 0.05) is 26.1 Å². The van der Waals surface area contributed by atoms with Crippen LogP contribution in [-0.4, -0.2) is 49.0 Å². The number of hydrogen-bond donors (Lipinski definition) is 1. The molecule has 9 heteroatoms. The Hall–Kier alpha value is -3.33. The standard InChI is InChI=1S/C23H27FN6O2/c1-15-13-26-28(3)21(15)20-19(24)14-25-23(27-20)29-11-9-18(10-12-29)22(31)30(32)16(2)17-7-5-4-6-8-17/h4-8,13-14,16,18,32H,9-12H2,1-3H3. The first kappa shape index (κ1) is 21.9. The maximum absolute atomic E-state index is 14.5. The van der Waals surface area contributed by atoms with Crippen molar-refractivity contribution >= 4 is 11.9 Å². The minimum atomic E-state index is -0.503. The quantitative estimate of drug-likeness (QED) is 0.485. The molecule has 3 heterocycles. The average Bonchev–Trinajstić information content (AvgIpc) is 3.16. The molecule has 0 aliphatic carbocycles. The second-order valence-corrected chi connectivity index (χ2v) is 8.20. The zero-order valence-corrected chi connectivity index (χ0v) is 18.4. The van der Waals surface area contributed by atoms with E-state index < -0.39 is 11.9 Å². The molecule has 1 atom stereocenters. The van der Waals surface area contributed by atoms with Gasteiger partial charge in [-0.15, -0.1) is 0 Å². The highest BCUT2D eigenvalue weighted by atomic mass is 19.1. The fourth-order valence-electron chi connectivity index (χ4n) is 4.14. The molecular formula is C23H27FN6O2. The Morgan fingerprint density at radius 1 is 1.22 bits per heavy atom. The maximum atomic E-state index is 14.5. The molecule has 1 unspecified atom stereocenters. The van der Waals surface area contributed by atoms with Crippen molar-refractivity contribution in [2.75, 3.05) is 18.0 Å². The van der Waals surface area contributed by atoms with Gasteiger partial charge in [-0.2, -0.15) is 5.10 Å². The number of aryl methyl sites for hydroxylation is 2. The highest BCUT2D eigenvalue weighted by molar-refractivity contribution is 5.78. The summed E-state index contributed by atoms with van der Waals surface area (Å²) in [6, 6.07) is 9.01. The molecule has 4 rings (SSSR count). The highest BCUT2D eigenvalue weighted by Crippen LogP contribution is 2.28. The van der Waals surface area contributed by atoms with Gasteiger partial charge in [0.25, 0.3) is 0 Å². The van der Waals surface area contributed by atoms with Crippen LogP contribution in [0.4, 0.5) is 10.3 Å². The molecular weight excluding hydrogens is 411 g/mol. The van der Waals surface area contributed by atoms with Crippen LogP contribution in [0.3, 0.4) is 0 Å². The summed E-state index contributed by atoms with van der Waals surface area (Å²) < 4.78 is 16.1. The summed E-state index contributed by atoms with van der Waals surface area (Å²) in [6.45, 7) is 4.74. The second-order valence-electron chi connectivity index (χ2n) is 8.20. The number of carbonyl (C=O) groups excluding carboxylic acids is 1. The molecule has 1 N–H and O–H groups in total. The van der Waals surface area contributed by atoms with E-state index in [0.29, 0.717) is 37.6 Å². The maximum Gasteiger partial charge on any atom is 0.249 e. The summed E-state index contributed by atoms with van der Waals surface area (Å²) in [7, 11) is 1.75. The van der Waals surface area contributed by atoms with Crippen molar-refractivity contribution in [2.45, 2.75) is 32.7 Å². The van der Waals surface area contributed by atoms with E-state index in [1.807, 2.05) is 42.2 Å². The molecule has 168 valence electrons. The van der Waals surface area contributed by atoms with Crippen molar-refractivity contribution in [3.05, 3.63) is 59.7 Å². The van der Waals surface area contributed by atoms with Crippen LogP contribution in [0.1, 0.15) is 36.9 Å². The van der Waals surface area contributed by atoms with Gasteiger partial charge in [-0.25, -0.2) is 19.4 Å². The Balaban J connectivity index is 1.44. The van der Waals surface area contributed by atoms with Crippen LogP contribution in [0.15, 0.2) is 42.7 Å². The number of amides is 1. The number of rotatable bonds is 5. The van der Waals surface area contributed by atoms with Gasteiger partial charge in [-0.3, -0.25) is 14.7 Å². The minimum Gasteiger partial charge on any atom is -0.341 e. The smallest absolute Gasteiger partial charge is 0.249 e. The number of aromatic nitrogens is 4. The molecule has 0 bridgehead atoms. The summed E-state index contributed by atoms with van der Waals surface area (Å²) >= 11 is 0. The van der Waals surface area contributed by atoms with Gasteiger partial charge < -0.3 is 4.90 Å². The molecule has 1 saturated heterocycles. The van der Waals surface area contributed by atoms with Gasteiger partial charge in [0.05, 0.1) is 24.1 Å². The Bertz CT molecular complexity index is 1080. The van der Waals surface area contributed by atoms with Crippen molar-refractivity contribution in [3.8, 4) is 11.4 Å². The summed E-state index contributed by atoms with van der Waals surface area (Å²) in [4.78, 5) is 23.4. The molecule has 32 heavy (non-hydrogen) atoms. The molecule has 1 amide bonds. The van der Waals surface area contributed by atoms with Crippen molar-refractivity contribution in [3.63, 3.8) is 0 Å². The van der Waals surface area contributed by atoms with Gasteiger partial charge >= 0.3 is 0 Å². The molecule has 1 aliphatic heterocycles. The van der Waals surface area contributed by atoms with E-state index in [1.54, 1.807) is 24.9 Å². The van der Waals surface area contributed by atoms with Crippen molar-refractivity contribution in [2.24, 2.45) is 13.0 Å². The summed E-state index contributed by atoms with van der Waals surface area (Å²) in [6.07, 6.45) is 3.96. The van der Waals surface area contributed by atoms with Gasteiger partial charge in [0.15, 0.2) is 5.82 Å². The minimum absolute atomic E-state index is 0.212. The van der Waals surface area contributed by atoms with E-state index in [4.69, 9.17) is 0 Å². The first-order chi connectivity index (χ1) is 15.4. The molecule has 3 aromatic rings. The summed E-state index contributed by atoms with van der Waals surface area (Å²) in [5, 5.41) is 15.5. The monoisotopic (exact) mass is 438 g/mol. The average molecular weight is 439 g/mol. The van der Waals surface area contributed by atoms with E-state index in [1.165, 1.54) is 6.20 Å². The Morgan fingerprint density at radius 3 is 2.53 bits per heavy atom. The number of hydrogen-bond acceptors (Lipinski definition) is 6. The van der Waals surface area contributed by atoms with Gasteiger partial charge in [0.1, 0.15) is 5.69 Å². The summed E-state index contributed by atoms with van der Waals surface area (Å²) in [5.41, 5.74) is 2.53. The predicted molar refractivity (Wildman–Crippen MR) is 117 cm³/mol. The van der Waals surface area contributed by atoms with Crippen LogP contribution >= 0.6 is 0 Å². The topological polar surface area (TPSA) is 87.4 Å². The number of carbonyl (C=O) groups is 1. The normalized spacial score (nSPS) is 15.6. The lowest BCUT2D eigenvalue weighted by atomic mass is 9.95. The van der Waals surface area contributed by atoms with E-state index >= 15 is 0 Å². The molecule has 1 aliphatic rings. The lowest BCUT2D eigenvalue weighted by Crippen LogP contribution is -2.42. The van der Waals surface area contributed by atoms with Crippen molar-refractivity contribution < 1.29 is 14.4 Å². The Kier molecular flexibility index (Phi) is 6.18. The molecule has 0 saturated carbocycles. The molecule has 0 spiro atoms. The van der Waals surface area contributed by atoms with Crippen LogP contribution in [0, 0.1) is 18.7 Å². The third-order valence-electron chi connectivity index (χ3n) is 6.08. The van der Waals surface area contributed by atoms with Gasteiger partial charge in [0.2, 0.25) is 11.9 Å². The van der Waals surface area contributed by atoms with Crippen LogP contribution in [0.2, 0.25) is 0 Å². The third-order valence-corrected chi connectivity index (χ3v) is 6.08. The Morgan fingerprint density at radius 2 is 1.91 bits per heavy atom. The molecule has 8 nitrogen and oxygen atoms in total. The largest absolute Gasteiger partial charge is 0.341 e. The number of hydroxylamine groups is 2. The fourth-order valence-corrected chi connectivity index (χ4v) is 4.14. The van der Waals surface area contributed by atoms with Crippen LogP contribution in [0.5, 0.6) is 0 Å². The van der Waals surface area contributed by atoms with Gasteiger partial charge in [-0.1, -0.05) is 30.3 Å². The zero-order chi connectivity index (χ0) is 22.8. The number of halogens is 1. The Labute approximate surface area is 186 Å². The summed E-state index contributed by atoms with van der Waals surface area (Å²) in [5.74, 6) is -0.656. The zero-order valence-electron chi connectivity index (χ0n) is 18.4. The van der Waals surface area contributed by atoms with E-state index in [9.17, 15) is 14.4 Å². The third kappa shape index (κ3) is 4.20. The van der Waals surface area contributed by atoms with Crippen LogP contribution in [-0.2, 0) is 11.8 Å². The molecule has 0 radical (unpaired) electrons. The van der Waals surface area contributed by atoms with Crippen LogP contribution < -0.4 is 4.90 Å². The molecule has 1 fully saturated rings. The number of benzene rings is 1. The SMILES string of the molecule is Cc1cnn(C)c1-c1nc(N2CCC(C(=O)N(O)C(C)c3ccccc3)CC2)ncc1F. The van der Waals surface area contributed by atoms with E-state index in [0.717, 1.165) is 16.2 Å². The fraction of sp³-hybridized carbons (Fsp3) is 0.391. The number of piperidine rings is 1. The van der Waals surface area contributed by atoms with Crippen molar-refractivity contribution in [1.82, 2.24) is 24.8 Å². The lowest BCUT2D eigenvalue weighted by molar-refractivity contribution is -0.180. The first-order valence-electron chi connectivity index (χ1n) is 10.7. The second kappa shape index (κ2) is 9.04. The number of nitrogens with zero attached hydrogens (tertiary/aromatic N) is 6. The van der Waals surface area contributed by atoms with Gasteiger partial charge in [-0.05, 0) is 37.8 Å². The van der Waals surface area contributed by atoms with Crippen molar-refractivity contribution in [1.29, 1.82) is 0 Å². The predicted octanol–water partition coefficient (Wildman–Crippen LogP) is 3.52. The highest BCUT2D eigenvalue weighted by Gasteiger charge is 2.31. The van der Waals surface area contributed by atoms with Crippen LogP contribution in [0.25, 0.3) is 11.4 Å². The van der Waals surface area contributed by atoms with E-state index in [2.05, 4.69) is 15.1 Å². The number of anilines is 1. The first-order valence-corrected chi connectivity index (χ1v) is 10.7. The lowest BCUT2D eigenvalue weighted by Gasteiger charge is -2.34.